The van der Waals surface area contributed by atoms with Gasteiger partial charge < -0.3 is 9.47 Å². The first-order valence-electron chi connectivity index (χ1n) is 6.92. The van der Waals surface area contributed by atoms with Crippen LogP contribution < -0.4 is 4.72 Å². The standard InChI is InChI=1S/C15H17NO6S/c1-4-23(19,20)16-14-12(21-10(2)17)13(18)15(3,22-14)11-8-6-5-7-9-11/h5-9,16H,4H2,1-3H3. The summed E-state index contributed by atoms with van der Waals surface area (Å²) in [6, 6.07) is 8.54. The maximum atomic E-state index is 12.7. The molecule has 1 N–H and O–H groups in total. The van der Waals surface area contributed by atoms with Crippen LogP contribution in [0.3, 0.4) is 0 Å². The highest BCUT2D eigenvalue weighted by Crippen LogP contribution is 2.38. The summed E-state index contributed by atoms with van der Waals surface area (Å²) >= 11 is 0. The topological polar surface area (TPSA) is 98.8 Å². The third-order valence-corrected chi connectivity index (χ3v) is 4.61. The van der Waals surface area contributed by atoms with Crippen LogP contribution in [0.2, 0.25) is 0 Å². The molecule has 0 aromatic heterocycles. The lowest BCUT2D eigenvalue weighted by molar-refractivity contribution is -0.142. The van der Waals surface area contributed by atoms with E-state index >= 15 is 0 Å². The lowest BCUT2D eigenvalue weighted by Crippen LogP contribution is -2.32. The van der Waals surface area contributed by atoms with Crippen molar-refractivity contribution in [2.24, 2.45) is 0 Å². The van der Waals surface area contributed by atoms with Gasteiger partial charge in [-0.15, -0.1) is 0 Å². The zero-order valence-electron chi connectivity index (χ0n) is 13.0. The Balaban J connectivity index is 2.46. The first-order valence-corrected chi connectivity index (χ1v) is 8.57. The molecular formula is C15H17NO6S. The highest BCUT2D eigenvalue weighted by atomic mass is 32.2. The highest BCUT2D eigenvalue weighted by Gasteiger charge is 2.50. The van der Waals surface area contributed by atoms with Gasteiger partial charge in [-0.05, 0) is 13.8 Å². The van der Waals surface area contributed by atoms with Crippen LogP contribution >= 0.6 is 0 Å². The molecule has 124 valence electrons. The highest BCUT2D eigenvalue weighted by molar-refractivity contribution is 7.89. The van der Waals surface area contributed by atoms with Crippen molar-refractivity contribution < 1.29 is 27.5 Å². The van der Waals surface area contributed by atoms with Crippen LogP contribution in [0.5, 0.6) is 0 Å². The van der Waals surface area contributed by atoms with Crippen LogP contribution in [-0.2, 0) is 34.7 Å². The largest absolute Gasteiger partial charge is 0.456 e. The molecule has 1 atom stereocenters. The molecule has 0 fully saturated rings. The molecule has 0 saturated carbocycles. The van der Waals surface area contributed by atoms with Gasteiger partial charge in [-0.3, -0.25) is 14.3 Å². The summed E-state index contributed by atoms with van der Waals surface area (Å²) in [6.07, 6.45) is 0. The number of ether oxygens (including phenoxy) is 2. The Bertz CT molecular complexity index is 768. The lowest BCUT2D eigenvalue weighted by Gasteiger charge is -2.23. The Morgan fingerprint density at radius 2 is 1.91 bits per heavy atom. The van der Waals surface area contributed by atoms with Crippen LogP contribution in [0.1, 0.15) is 26.3 Å². The predicted octanol–water partition coefficient (Wildman–Crippen LogP) is 1.17. The van der Waals surface area contributed by atoms with E-state index < -0.39 is 33.1 Å². The summed E-state index contributed by atoms with van der Waals surface area (Å²) in [4.78, 5) is 23.9. The molecule has 0 spiro atoms. The van der Waals surface area contributed by atoms with Gasteiger partial charge in [0.25, 0.3) is 5.78 Å². The van der Waals surface area contributed by atoms with Gasteiger partial charge in [-0.2, -0.15) is 0 Å². The number of carbonyl (C=O) groups is 2. The van der Waals surface area contributed by atoms with Gasteiger partial charge in [0, 0.05) is 12.5 Å². The predicted molar refractivity (Wildman–Crippen MR) is 81.3 cm³/mol. The average molecular weight is 339 g/mol. The fraction of sp³-hybridized carbons (Fsp3) is 0.333. The van der Waals surface area contributed by atoms with Crippen molar-refractivity contribution in [1.29, 1.82) is 0 Å². The van der Waals surface area contributed by atoms with E-state index in [1.165, 1.54) is 13.8 Å². The SMILES string of the molecule is CCS(=O)(=O)NC1=C(OC(C)=O)C(=O)C(C)(c2ccccc2)O1. The Hall–Kier alpha value is -2.35. The second-order valence-corrected chi connectivity index (χ2v) is 7.10. The number of sulfonamides is 1. The molecule has 1 aromatic rings. The number of nitrogens with one attached hydrogen (secondary N) is 1. The zero-order chi connectivity index (χ0) is 17.3. The van der Waals surface area contributed by atoms with Crippen molar-refractivity contribution in [2.45, 2.75) is 26.4 Å². The van der Waals surface area contributed by atoms with Crippen molar-refractivity contribution in [3.8, 4) is 0 Å². The fourth-order valence-corrected chi connectivity index (χ4v) is 2.64. The van der Waals surface area contributed by atoms with Gasteiger partial charge in [0.15, 0.2) is 5.60 Å². The van der Waals surface area contributed by atoms with E-state index in [4.69, 9.17) is 9.47 Å². The molecule has 1 aliphatic rings. The van der Waals surface area contributed by atoms with E-state index in [0.717, 1.165) is 6.92 Å². The van der Waals surface area contributed by atoms with Gasteiger partial charge >= 0.3 is 5.97 Å². The summed E-state index contributed by atoms with van der Waals surface area (Å²) < 4.78 is 36.1. The van der Waals surface area contributed by atoms with Gasteiger partial charge in [-0.25, -0.2) is 8.42 Å². The number of hydrogen-bond acceptors (Lipinski definition) is 6. The summed E-state index contributed by atoms with van der Waals surface area (Å²) in [5.74, 6) is -2.42. The second kappa shape index (κ2) is 6.04. The smallest absolute Gasteiger partial charge is 0.308 e. The van der Waals surface area contributed by atoms with E-state index in [2.05, 4.69) is 4.72 Å². The molecule has 7 nitrogen and oxygen atoms in total. The number of Topliss-reactive ketones (excluding diaryl/α,β-unsaturated/α-hetero) is 1. The molecule has 8 heteroatoms. The van der Waals surface area contributed by atoms with Crippen molar-refractivity contribution in [2.75, 3.05) is 5.75 Å². The van der Waals surface area contributed by atoms with Crippen molar-refractivity contribution in [3.63, 3.8) is 0 Å². The number of rotatable bonds is 5. The maximum Gasteiger partial charge on any atom is 0.308 e. The average Bonchev–Trinajstić information content (AvgIpc) is 2.73. The molecule has 0 aliphatic carbocycles. The molecule has 0 radical (unpaired) electrons. The van der Waals surface area contributed by atoms with Crippen molar-refractivity contribution in [1.82, 2.24) is 4.72 Å². The van der Waals surface area contributed by atoms with E-state index in [0.29, 0.717) is 5.56 Å². The molecule has 0 bridgehead atoms. The van der Waals surface area contributed by atoms with Crippen LogP contribution in [0.25, 0.3) is 0 Å². The molecular weight excluding hydrogens is 322 g/mol. The van der Waals surface area contributed by atoms with E-state index in [1.807, 2.05) is 0 Å². The number of hydrogen-bond donors (Lipinski definition) is 1. The fourth-order valence-electron chi connectivity index (χ4n) is 2.08. The minimum Gasteiger partial charge on any atom is -0.456 e. The molecule has 2 rings (SSSR count). The molecule has 1 unspecified atom stereocenters. The van der Waals surface area contributed by atoms with Gasteiger partial charge in [-0.1, -0.05) is 30.3 Å². The van der Waals surface area contributed by atoms with Crippen LogP contribution in [0, 0.1) is 0 Å². The van der Waals surface area contributed by atoms with Crippen molar-refractivity contribution in [3.05, 3.63) is 47.5 Å². The third kappa shape index (κ3) is 3.37. The Labute approximate surface area is 134 Å². The number of ketones is 1. The number of benzene rings is 1. The molecule has 0 saturated heterocycles. The first kappa shape index (κ1) is 17.0. The Morgan fingerprint density at radius 3 is 2.43 bits per heavy atom. The number of carbonyl (C=O) groups excluding carboxylic acids is 2. The minimum absolute atomic E-state index is 0.219. The molecule has 1 aliphatic heterocycles. The summed E-state index contributed by atoms with van der Waals surface area (Å²) in [7, 11) is -3.70. The van der Waals surface area contributed by atoms with Gasteiger partial charge in [0.1, 0.15) is 0 Å². The van der Waals surface area contributed by atoms with E-state index in [-0.39, 0.29) is 11.6 Å². The van der Waals surface area contributed by atoms with E-state index in [1.54, 1.807) is 30.3 Å². The summed E-state index contributed by atoms with van der Waals surface area (Å²) in [6.45, 7) is 4.04. The van der Waals surface area contributed by atoms with Crippen LogP contribution in [-0.4, -0.2) is 25.9 Å². The minimum atomic E-state index is -3.70. The summed E-state index contributed by atoms with van der Waals surface area (Å²) in [5.41, 5.74) is -0.960. The van der Waals surface area contributed by atoms with E-state index in [9.17, 15) is 18.0 Å². The second-order valence-electron chi connectivity index (χ2n) is 5.09. The molecule has 1 heterocycles. The molecule has 0 amide bonds. The monoisotopic (exact) mass is 339 g/mol. The summed E-state index contributed by atoms with van der Waals surface area (Å²) in [5, 5.41) is 0. The van der Waals surface area contributed by atoms with Crippen LogP contribution in [0.15, 0.2) is 42.0 Å². The number of esters is 1. The molecule has 23 heavy (non-hydrogen) atoms. The molecule has 1 aromatic carbocycles. The quantitative estimate of drug-likeness (QED) is 0.809. The van der Waals surface area contributed by atoms with Crippen LogP contribution in [0.4, 0.5) is 0 Å². The Morgan fingerprint density at radius 1 is 1.30 bits per heavy atom. The Kier molecular flexibility index (Phi) is 4.46. The van der Waals surface area contributed by atoms with Gasteiger partial charge in [0.05, 0.1) is 5.75 Å². The lowest BCUT2D eigenvalue weighted by atomic mass is 9.92. The van der Waals surface area contributed by atoms with Gasteiger partial charge in [0.2, 0.25) is 21.7 Å². The maximum absolute atomic E-state index is 12.7. The normalized spacial score (nSPS) is 21.1. The zero-order valence-corrected chi connectivity index (χ0v) is 13.8. The van der Waals surface area contributed by atoms with Crippen molar-refractivity contribution >= 4 is 21.8 Å². The first-order chi connectivity index (χ1) is 10.7. The third-order valence-electron chi connectivity index (χ3n) is 3.35.